The molecular weight excluding hydrogens is 224 g/mol. The first-order valence-corrected chi connectivity index (χ1v) is 6.67. The number of hydrogen-bond donors (Lipinski definition) is 1. The fourth-order valence-corrected chi connectivity index (χ4v) is 2.33. The normalized spacial score (nSPS) is 13.7. The molecule has 0 saturated carbocycles. The SMILES string of the molecule is C=CCN(CCC)Cc1cccc2c1OCCN2. The van der Waals surface area contributed by atoms with Gasteiger partial charge in [-0.2, -0.15) is 0 Å². The van der Waals surface area contributed by atoms with Crippen LogP contribution in [0.1, 0.15) is 18.9 Å². The minimum Gasteiger partial charge on any atom is -0.489 e. The van der Waals surface area contributed by atoms with Gasteiger partial charge in [0.2, 0.25) is 0 Å². The zero-order chi connectivity index (χ0) is 12.8. The quantitative estimate of drug-likeness (QED) is 0.781. The molecule has 0 spiro atoms. The minimum absolute atomic E-state index is 0.749. The lowest BCUT2D eigenvalue weighted by molar-refractivity contribution is 0.278. The highest BCUT2D eigenvalue weighted by atomic mass is 16.5. The summed E-state index contributed by atoms with van der Waals surface area (Å²) in [7, 11) is 0. The predicted octanol–water partition coefficient (Wildman–Crippen LogP) is 2.89. The summed E-state index contributed by atoms with van der Waals surface area (Å²) in [5, 5.41) is 3.38. The lowest BCUT2D eigenvalue weighted by Gasteiger charge is -2.25. The average molecular weight is 246 g/mol. The summed E-state index contributed by atoms with van der Waals surface area (Å²) in [6.07, 6.45) is 3.12. The number of para-hydroxylation sites is 1. The van der Waals surface area contributed by atoms with Gasteiger partial charge in [-0.3, -0.25) is 4.90 Å². The van der Waals surface area contributed by atoms with Crippen LogP contribution in [0.2, 0.25) is 0 Å². The van der Waals surface area contributed by atoms with Crippen molar-refractivity contribution in [3.05, 3.63) is 36.4 Å². The molecule has 98 valence electrons. The first-order chi connectivity index (χ1) is 8.85. The molecule has 1 aromatic rings. The summed E-state index contributed by atoms with van der Waals surface area (Å²) in [6.45, 7) is 10.6. The van der Waals surface area contributed by atoms with Crippen LogP contribution in [0, 0.1) is 0 Å². The predicted molar refractivity (Wildman–Crippen MR) is 76.2 cm³/mol. The molecule has 0 unspecified atom stereocenters. The molecule has 0 radical (unpaired) electrons. The van der Waals surface area contributed by atoms with E-state index in [4.69, 9.17) is 4.74 Å². The molecular formula is C15H22N2O. The lowest BCUT2D eigenvalue weighted by atomic mass is 10.1. The van der Waals surface area contributed by atoms with Crippen molar-refractivity contribution < 1.29 is 4.74 Å². The topological polar surface area (TPSA) is 24.5 Å². The van der Waals surface area contributed by atoms with Gasteiger partial charge in [-0.1, -0.05) is 25.1 Å². The third-order valence-corrected chi connectivity index (χ3v) is 3.08. The number of fused-ring (bicyclic) bond motifs is 1. The van der Waals surface area contributed by atoms with Gasteiger partial charge < -0.3 is 10.1 Å². The maximum absolute atomic E-state index is 5.80. The molecule has 0 amide bonds. The van der Waals surface area contributed by atoms with Gasteiger partial charge in [0.25, 0.3) is 0 Å². The molecule has 0 fully saturated rings. The van der Waals surface area contributed by atoms with Crippen LogP contribution in [0.5, 0.6) is 5.75 Å². The highest BCUT2D eigenvalue weighted by molar-refractivity contribution is 5.61. The number of nitrogens with one attached hydrogen (secondary N) is 1. The van der Waals surface area contributed by atoms with E-state index >= 15 is 0 Å². The first kappa shape index (κ1) is 13.0. The first-order valence-electron chi connectivity index (χ1n) is 6.67. The number of hydrogen-bond acceptors (Lipinski definition) is 3. The number of ether oxygens (including phenoxy) is 1. The second-order valence-corrected chi connectivity index (χ2v) is 4.59. The molecule has 1 aliphatic rings. The zero-order valence-electron chi connectivity index (χ0n) is 11.1. The molecule has 2 rings (SSSR count). The van der Waals surface area contributed by atoms with E-state index in [9.17, 15) is 0 Å². The Hall–Kier alpha value is -1.48. The smallest absolute Gasteiger partial charge is 0.146 e. The molecule has 0 aromatic heterocycles. The van der Waals surface area contributed by atoms with Gasteiger partial charge in [-0.25, -0.2) is 0 Å². The van der Waals surface area contributed by atoms with Crippen molar-refractivity contribution >= 4 is 5.69 Å². The van der Waals surface area contributed by atoms with Crippen molar-refractivity contribution in [2.75, 3.05) is 31.6 Å². The molecule has 3 nitrogen and oxygen atoms in total. The Labute approximate surface area is 109 Å². The molecule has 0 aliphatic carbocycles. The van der Waals surface area contributed by atoms with Crippen molar-refractivity contribution in [3.63, 3.8) is 0 Å². The Morgan fingerprint density at radius 3 is 3.17 bits per heavy atom. The van der Waals surface area contributed by atoms with Crippen molar-refractivity contribution in [1.29, 1.82) is 0 Å². The highest BCUT2D eigenvalue weighted by Gasteiger charge is 2.15. The van der Waals surface area contributed by atoms with E-state index < -0.39 is 0 Å². The fraction of sp³-hybridized carbons (Fsp3) is 0.467. The van der Waals surface area contributed by atoms with E-state index in [0.717, 1.165) is 50.6 Å². The maximum Gasteiger partial charge on any atom is 0.146 e. The monoisotopic (exact) mass is 246 g/mol. The van der Waals surface area contributed by atoms with Gasteiger partial charge >= 0.3 is 0 Å². The Kier molecular flexibility index (Phi) is 4.65. The van der Waals surface area contributed by atoms with Crippen molar-refractivity contribution in [1.82, 2.24) is 4.90 Å². The van der Waals surface area contributed by atoms with Crippen LogP contribution in [0.4, 0.5) is 5.69 Å². The summed E-state index contributed by atoms with van der Waals surface area (Å²) in [5.74, 6) is 1.02. The summed E-state index contributed by atoms with van der Waals surface area (Å²) in [6, 6.07) is 6.32. The summed E-state index contributed by atoms with van der Waals surface area (Å²) >= 11 is 0. The lowest BCUT2D eigenvalue weighted by Crippen LogP contribution is -2.26. The number of nitrogens with zero attached hydrogens (tertiary/aromatic N) is 1. The zero-order valence-corrected chi connectivity index (χ0v) is 11.1. The number of rotatable bonds is 6. The van der Waals surface area contributed by atoms with Crippen LogP contribution < -0.4 is 10.1 Å². The van der Waals surface area contributed by atoms with Crippen LogP contribution in [-0.2, 0) is 6.54 Å². The van der Waals surface area contributed by atoms with E-state index in [1.54, 1.807) is 0 Å². The van der Waals surface area contributed by atoms with Gasteiger partial charge in [-0.05, 0) is 19.0 Å². The molecule has 18 heavy (non-hydrogen) atoms. The second kappa shape index (κ2) is 6.45. The fourth-order valence-electron chi connectivity index (χ4n) is 2.33. The Morgan fingerprint density at radius 1 is 1.50 bits per heavy atom. The van der Waals surface area contributed by atoms with Crippen LogP contribution in [0.25, 0.3) is 0 Å². The van der Waals surface area contributed by atoms with E-state index in [0.29, 0.717) is 0 Å². The van der Waals surface area contributed by atoms with E-state index in [2.05, 4.69) is 41.9 Å². The highest BCUT2D eigenvalue weighted by Crippen LogP contribution is 2.31. The largest absolute Gasteiger partial charge is 0.489 e. The minimum atomic E-state index is 0.749. The van der Waals surface area contributed by atoms with E-state index in [-0.39, 0.29) is 0 Å². The second-order valence-electron chi connectivity index (χ2n) is 4.59. The molecule has 0 saturated heterocycles. The van der Waals surface area contributed by atoms with Gasteiger partial charge in [-0.15, -0.1) is 6.58 Å². The molecule has 1 aliphatic heterocycles. The van der Waals surface area contributed by atoms with Gasteiger partial charge in [0.1, 0.15) is 12.4 Å². The standard InChI is InChI=1S/C15H22N2O/c1-3-9-17(10-4-2)12-13-6-5-7-14-15(13)18-11-8-16-14/h3,5-7,16H,1,4,8-12H2,2H3. The summed E-state index contributed by atoms with van der Waals surface area (Å²) < 4.78 is 5.80. The van der Waals surface area contributed by atoms with Crippen molar-refractivity contribution in [2.45, 2.75) is 19.9 Å². The van der Waals surface area contributed by atoms with Crippen LogP contribution in [0.15, 0.2) is 30.9 Å². The molecule has 1 N–H and O–H groups in total. The third kappa shape index (κ3) is 3.05. The molecule has 0 atom stereocenters. The Morgan fingerprint density at radius 2 is 2.39 bits per heavy atom. The maximum atomic E-state index is 5.80. The van der Waals surface area contributed by atoms with Crippen LogP contribution in [-0.4, -0.2) is 31.1 Å². The Bertz CT molecular complexity index is 403. The van der Waals surface area contributed by atoms with Crippen LogP contribution >= 0.6 is 0 Å². The summed E-state index contributed by atoms with van der Waals surface area (Å²) in [5.41, 5.74) is 2.38. The van der Waals surface area contributed by atoms with Gasteiger partial charge in [0.15, 0.2) is 0 Å². The summed E-state index contributed by atoms with van der Waals surface area (Å²) in [4.78, 5) is 2.39. The van der Waals surface area contributed by atoms with Gasteiger partial charge in [0.05, 0.1) is 5.69 Å². The Balaban J connectivity index is 2.14. The van der Waals surface area contributed by atoms with E-state index in [1.165, 1.54) is 5.56 Å². The van der Waals surface area contributed by atoms with Crippen LogP contribution in [0.3, 0.4) is 0 Å². The molecule has 0 bridgehead atoms. The van der Waals surface area contributed by atoms with Gasteiger partial charge in [0, 0.05) is 25.2 Å². The average Bonchev–Trinajstić information content (AvgIpc) is 2.40. The number of benzene rings is 1. The third-order valence-electron chi connectivity index (χ3n) is 3.08. The molecule has 1 heterocycles. The molecule has 1 aromatic carbocycles. The molecule has 3 heteroatoms. The van der Waals surface area contributed by atoms with Crippen molar-refractivity contribution in [3.8, 4) is 5.75 Å². The number of anilines is 1. The van der Waals surface area contributed by atoms with Crippen molar-refractivity contribution in [2.24, 2.45) is 0 Å². The van der Waals surface area contributed by atoms with E-state index in [1.807, 2.05) is 6.08 Å².